The largest absolute Gasteiger partial charge is 0.508 e. The summed E-state index contributed by atoms with van der Waals surface area (Å²) in [5.41, 5.74) is 1.95. The van der Waals surface area contributed by atoms with E-state index in [4.69, 9.17) is 0 Å². The number of aromatic hydroxyl groups is 1. The van der Waals surface area contributed by atoms with E-state index in [0.29, 0.717) is 13.0 Å². The van der Waals surface area contributed by atoms with Crippen molar-refractivity contribution >= 4 is 9.84 Å². The van der Waals surface area contributed by atoms with E-state index in [1.54, 1.807) is 12.1 Å². The van der Waals surface area contributed by atoms with Crippen LogP contribution in [-0.4, -0.2) is 20.1 Å². The van der Waals surface area contributed by atoms with Crippen LogP contribution < -0.4 is 5.32 Å². The minimum Gasteiger partial charge on any atom is -0.508 e. The van der Waals surface area contributed by atoms with Crippen LogP contribution >= 0.6 is 0 Å². The quantitative estimate of drug-likeness (QED) is 0.627. The molecule has 0 aliphatic heterocycles. The van der Waals surface area contributed by atoms with Gasteiger partial charge < -0.3 is 10.4 Å². The lowest BCUT2D eigenvalue weighted by Crippen LogP contribution is -2.18. The van der Waals surface area contributed by atoms with Crippen LogP contribution in [0.1, 0.15) is 11.1 Å². The van der Waals surface area contributed by atoms with Crippen LogP contribution in [0.25, 0.3) is 0 Å². The predicted molar refractivity (Wildman–Crippen MR) is 102 cm³/mol. The molecule has 0 radical (unpaired) electrons. The van der Waals surface area contributed by atoms with E-state index in [9.17, 15) is 13.5 Å². The Balaban J connectivity index is 1.74. The number of rotatable bonds is 7. The smallest absolute Gasteiger partial charge is 0.206 e. The molecule has 0 spiro atoms. The molecular weight excluding hydrogens is 346 g/mol. The summed E-state index contributed by atoms with van der Waals surface area (Å²) in [4.78, 5) is 0.384. The number of benzene rings is 3. The van der Waals surface area contributed by atoms with Crippen LogP contribution in [0.5, 0.6) is 5.75 Å². The highest BCUT2D eigenvalue weighted by molar-refractivity contribution is 7.91. The number of hydrogen-bond donors (Lipinski definition) is 2. The third-order valence-electron chi connectivity index (χ3n) is 4.13. The van der Waals surface area contributed by atoms with Crippen LogP contribution in [0.3, 0.4) is 0 Å². The maximum Gasteiger partial charge on any atom is 0.206 e. The normalized spacial score (nSPS) is 11.4. The molecule has 0 aliphatic rings. The van der Waals surface area contributed by atoms with Crippen molar-refractivity contribution in [3.8, 4) is 5.75 Å². The van der Waals surface area contributed by atoms with E-state index >= 15 is 0 Å². The standard InChI is InChI=1S/C21H21NO3S/c23-19-10-6-11-20(15-19)26(24,25)21-12-5-4-9-18(21)13-14-22-16-17-7-2-1-3-8-17/h1-12,15,22-23H,13-14,16H2. The van der Waals surface area contributed by atoms with Gasteiger partial charge in [0.15, 0.2) is 0 Å². The lowest BCUT2D eigenvalue weighted by atomic mass is 10.1. The Morgan fingerprint density at radius 1 is 0.846 bits per heavy atom. The highest BCUT2D eigenvalue weighted by Crippen LogP contribution is 2.26. The van der Waals surface area contributed by atoms with Crippen LogP contribution in [0, 0.1) is 0 Å². The summed E-state index contributed by atoms with van der Waals surface area (Å²) in [6.07, 6.45) is 0.598. The first-order chi connectivity index (χ1) is 12.6. The highest BCUT2D eigenvalue weighted by atomic mass is 32.2. The molecule has 0 amide bonds. The van der Waals surface area contributed by atoms with Crippen molar-refractivity contribution in [1.82, 2.24) is 5.32 Å². The summed E-state index contributed by atoms with van der Waals surface area (Å²) in [5.74, 6) is -0.0620. The van der Waals surface area contributed by atoms with Crippen molar-refractivity contribution in [2.24, 2.45) is 0 Å². The van der Waals surface area contributed by atoms with Crippen molar-refractivity contribution < 1.29 is 13.5 Å². The van der Waals surface area contributed by atoms with E-state index in [-0.39, 0.29) is 15.5 Å². The molecule has 0 atom stereocenters. The summed E-state index contributed by atoms with van der Waals surface area (Å²) in [5, 5.41) is 12.9. The molecule has 2 N–H and O–H groups in total. The van der Waals surface area contributed by atoms with Crippen LogP contribution in [0.2, 0.25) is 0 Å². The maximum atomic E-state index is 12.9. The van der Waals surface area contributed by atoms with Crippen molar-refractivity contribution in [2.75, 3.05) is 6.54 Å². The van der Waals surface area contributed by atoms with E-state index in [1.165, 1.54) is 29.8 Å². The second-order valence-corrected chi connectivity index (χ2v) is 7.94. The second kappa shape index (κ2) is 8.17. The Labute approximate surface area is 154 Å². The molecule has 3 aromatic rings. The number of sulfone groups is 1. The third kappa shape index (κ3) is 4.31. The maximum absolute atomic E-state index is 12.9. The molecule has 0 bridgehead atoms. The Morgan fingerprint density at radius 3 is 2.35 bits per heavy atom. The fraction of sp³-hybridized carbons (Fsp3) is 0.143. The van der Waals surface area contributed by atoms with Gasteiger partial charge in [0.2, 0.25) is 9.84 Å². The molecule has 26 heavy (non-hydrogen) atoms. The van der Waals surface area contributed by atoms with E-state index in [2.05, 4.69) is 5.32 Å². The van der Waals surface area contributed by atoms with Gasteiger partial charge in [-0.2, -0.15) is 0 Å². The molecule has 134 valence electrons. The Bertz CT molecular complexity index is 969. The highest BCUT2D eigenvalue weighted by Gasteiger charge is 2.21. The summed E-state index contributed by atoms with van der Waals surface area (Å²) in [7, 11) is -3.67. The molecule has 4 nitrogen and oxygen atoms in total. The van der Waals surface area contributed by atoms with Crippen molar-refractivity contribution in [2.45, 2.75) is 22.8 Å². The van der Waals surface area contributed by atoms with Gasteiger partial charge in [-0.05, 0) is 48.4 Å². The first-order valence-corrected chi connectivity index (χ1v) is 9.92. The topological polar surface area (TPSA) is 66.4 Å². The lowest BCUT2D eigenvalue weighted by molar-refractivity contribution is 0.473. The second-order valence-electron chi connectivity index (χ2n) is 6.02. The summed E-state index contributed by atoms with van der Waals surface area (Å²) in [6, 6.07) is 22.8. The van der Waals surface area contributed by atoms with Crippen LogP contribution in [-0.2, 0) is 22.8 Å². The zero-order valence-electron chi connectivity index (χ0n) is 14.3. The van der Waals surface area contributed by atoms with Crippen LogP contribution in [0.15, 0.2) is 88.7 Å². The van der Waals surface area contributed by atoms with Crippen molar-refractivity contribution in [3.05, 3.63) is 90.0 Å². The predicted octanol–water partition coefficient (Wildman–Crippen LogP) is 3.56. The molecule has 0 saturated carbocycles. The molecule has 0 heterocycles. The molecule has 0 aromatic heterocycles. The molecule has 0 unspecified atom stereocenters. The van der Waals surface area contributed by atoms with Gasteiger partial charge in [-0.3, -0.25) is 0 Å². The van der Waals surface area contributed by atoms with Gasteiger partial charge in [-0.15, -0.1) is 0 Å². The molecule has 0 aliphatic carbocycles. The number of phenolic OH excluding ortho intramolecular Hbond substituents is 1. The summed E-state index contributed by atoms with van der Waals surface area (Å²) >= 11 is 0. The number of hydrogen-bond acceptors (Lipinski definition) is 4. The minimum absolute atomic E-state index is 0.0620. The zero-order valence-corrected chi connectivity index (χ0v) is 15.1. The van der Waals surface area contributed by atoms with E-state index in [0.717, 1.165) is 12.1 Å². The third-order valence-corrected chi connectivity index (χ3v) is 5.98. The molecule has 0 fully saturated rings. The van der Waals surface area contributed by atoms with Crippen molar-refractivity contribution in [3.63, 3.8) is 0 Å². The van der Waals surface area contributed by atoms with Crippen molar-refractivity contribution in [1.29, 1.82) is 0 Å². The molecular formula is C21H21NO3S. The van der Waals surface area contributed by atoms with E-state index in [1.807, 2.05) is 42.5 Å². The van der Waals surface area contributed by atoms with Gasteiger partial charge in [-0.25, -0.2) is 8.42 Å². The summed E-state index contributed by atoms with van der Waals surface area (Å²) in [6.45, 7) is 1.41. The fourth-order valence-electron chi connectivity index (χ4n) is 2.80. The van der Waals surface area contributed by atoms with Gasteiger partial charge in [0.25, 0.3) is 0 Å². The molecule has 3 aromatic carbocycles. The SMILES string of the molecule is O=S(=O)(c1cccc(O)c1)c1ccccc1CCNCc1ccccc1. The summed E-state index contributed by atoms with van der Waals surface area (Å²) < 4.78 is 25.9. The van der Waals surface area contributed by atoms with Gasteiger partial charge in [0.05, 0.1) is 9.79 Å². The Morgan fingerprint density at radius 2 is 1.58 bits per heavy atom. The van der Waals surface area contributed by atoms with Crippen LogP contribution in [0.4, 0.5) is 0 Å². The molecule has 0 saturated heterocycles. The fourth-order valence-corrected chi connectivity index (χ4v) is 4.36. The van der Waals surface area contributed by atoms with Gasteiger partial charge in [-0.1, -0.05) is 54.6 Å². The Kier molecular flexibility index (Phi) is 5.71. The first-order valence-electron chi connectivity index (χ1n) is 8.44. The Hall–Kier alpha value is -2.63. The minimum atomic E-state index is -3.67. The number of nitrogens with one attached hydrogen (secondary N) is 1. The first kappa shape index (κ1) is 18.2. The van der Waals surface area contributed by atoms with Gasteiger partial charge >= 0.3 is 0 Å². The lowest BCUT2D eigenvalue weighted by Gasteiger charge is -2.11. The van der Waals surface area contributed by atoms with E-state index < -0.39 is 9.84 Å². The van der Waals surface area contributed by atoms with Gasteiger partial charge in [0, 0.05) is 6.54 Å². The number of phenols is 1. The average Bonchev–Trinajstić information content (AvgIpc) is 2.66. The average molecular weight is 367 g/mol. The molecule has 5 heteroatoms. The molecule has 3 rings (SSSR count). The monoisotopic (exact) mass is 367 g/mol. The zero-order chi connectivity index (χ0) is 18.4. The van der Waals surface area contributed by atoms with Gasteiger partial charge in [0.1, 0.15) is 5.75 Å².